The molecular formula is C15H13N2O5S-. The summed E-state index contributed by atoms with van der Waals surface area (Å²) >= 11 is 1.27. The summed E-state index contributed by atoms with van der Waals surface area (Å²) in [4.78, 5) is 34.2. The van der Waals surface area contributed by atoms with E-state index < -0.39 is 11.9 Å². The predicted octanol–water partition coefficient (Wildman–Crippen LogP) is 1.17. The number of phenols is 1. The lowest BCUT2D eigenvalue weighted by atomic mass is 10.2. The van der Waals surface area contributed by atoms with Gasteiger partial charge in [-0.2, -0.15) is 0 Å². The van der Waals surface area contributed by atoms with E-state index in [0.29, 0.717) is 10.6 Å². The molecule has 0 saturated heterocycles. The molecule has 0 radical (unpaired) electrons. The van der Waals surface area contributed by atoms with Gasteiger partial charge in [-0.05, 0) is 30.0 Å². The van der Waals surface area contributed by atoms with Crippen LogP contribution >= 0.6 is 11.3 Å². The van der Waals surface area contributed by atoms with Crippen molar-refractivity contribution in [3.05, 3.63) is 40.6 Å². The molecule has 2 aromatic rings. The maximum Gasteiger partial charge on any atom is 0.265 e. The fraction of sp³-hybridized carbons (Fsp3) is 0.133. The van der Waals surface area contributed by atoms with E-state index >= 15 is 0 Å². The first-order chi connectivity index (χ1) is 11.0. The van der Waals surface area contributed by atoms with Gasteiger partial charge in [0, 0.05) is 24.1 Å². The van der Waals surface area contributed by atoms with Crippen LogP contribution in [0.15, 0.2) is 35.7 Å². The Labute approximate surface area is 135 Å². The quantitative estimate of drug-likeness (QED) is 0.686. The first-order valence-electron chi connectivity index (χ1n) is 6.63. The predicted molar refractivity (Wildman–Crippen MR) is 83.2 cm³/mol. The van der Waals surface area contributed by atoms with Crippen LogP contribution in [0.2, 0.25) is 0 Å². The summed E-state index contributed by atoms with van der Waals surface area (Å²) < 4.78 is 0. The van der Waals surface area contributed by atoms with Crippen LogP contribution in [0.25, 0.3) is 0 Å². The number of carboxylic acid groups (broad SMARTS) is 1. The molecule has 2 rings (SSSR count). The monoisotopic (exact) mass is 333 g/mol. The molecule has 1 aromatic carbocycles. The number of thiophene rings is 1. The first kappa shape index (κ1) is 16.5. The van der Waals surface area contributed by atoms with Crippen molar-refractivity contribution in [1.29, 1.82) is 0 Å². The third-order valence-corrected chi connectivity index (χ3v) is 3.70. The molecule has 0 fully saturated rings. The topological polar surface area (TPSA) is 119 Å². The van der Waals surface area contributed by atoms with E-state index in [0.717, 1.165) is 0 Å². The van der Waals surface area contributed by atoms with Crippen molar-refractivity contribution < 1.29 is 24.6 Å². The van der Waals surface area contributed by atoms with Crippen LogP contribution in [0, 0.1) is 0 Å². The molecule has 7 nitrogen and oxygen atoms in total. The Morgan fingerprint density at radius 3 is 2.52 bits per heavy atom. The molecular weight excluding hydrogens is 320 g/mol. The minimum atomic E-state index is -1.31. The molecule has 3 N–H and O–H groups in total. The molecule has 0 spiro atoms. The number of aliphatic carboxylic acids is 1. The second-order valence-corrected chi connectivity index (χ2v) is 5.53. The molecule has 0 bridgehead atoms. The van der Waals surface area contributed by atoms with Gasteiger partial charge in [-0.25, -0.2) is 0 Å². The minimum absolute atomic E-state index is 0.205. The van der Waals surface area contributed by atoms with Gasteiger partial charge in [-0.15, -0.1) is 11.3 Å². The molecule has 120 valence electrons. The number of anilines is 2. The lowest BCUT2D eigenvalue weighted by Gasteiger charge is -2.10. The van der Waals surface area contributed by atoms with Gasteiger partial charge in [0.15, 0.2) is 0 Å². The summed E-state index contributed by atoms with van der Waals surface area (Å²) in [6.45, 7) is 0. The molecule has 0 aliphatic rings. The van der Waals surface area contributed by atoms with Crippen LogP contribution < -0.4 is 15.7 Å². The molecule has 0 unspecified atom stereocenters. The Morgan fingerprint density at radius 2 is 1.91 bits per heavy atom. The number of phenolic OH excluding ortho intramolecular Hbond substituents is 1. The van der Waals surface area contributed by atoms with Crippen LogP contribution in [0.3, 0.4) is 0 Å². The fourth-order valence-corrected chi connectivity index (χ4v) is 2.36. The number of benzene rings is 1. The van der Waals surface area contributed by atoms with Gasteiger partial charge >= 0.3 is 0 Å². The fourth-order valence-electron chi connectivity index (χ4n) is 1.75. The van der Waals surface area contributed by atoms with Crippen molar-refractivity contribution in [2.45, 2.75) is 12.8 Å². The molecule has 0 saturated carbocycles. The first-order valence-corrected chi connectivity index (χ1v) is 7.51. The highest BCUT2D eigenvalue weighted by Gasteiger charge is 2.11. The summed E-state index contributed by atoms with van der Waals surface area (Å²) in [7, 11) is 0. The van der Waals surface area contributed by atoms with Crippen LogP contribution in [0.1, 0.15) is 22.5 Å². The molecule has 1 heterocycles. The van der Waals surface area contributed by atoms with Crippen LogP contribution in [0.5, 0.6) is 5.75 Å². The van der Waals surface area contributed by atoms with Crippen LogP contribution in [-0.2, 0) is 9.59 Å². The molecule has 0 aliphatic carbocycles. The lowest BCUT2D eigenvalue weighted by Crippen LogP contribution is -2.24. The van der Waals surface area contributed by atoms with Gasteiger partial charge < -0.3 is 25.6 Å². The van der Waals surface area contributed by atoms with Crippen LogP contribution in [0.4, 0.5) is 11.4 Å². The van der Waals surface area contributed by atoms with Crippen molar-refractivity contribution in [1.82, 2.24) is 0 Å². The molecule has 1 aromatic heterocycles. The number of rotatable bonds is 6. The van der Waals surface area contributed by atoms with Gasteiger partial charge in [0.05, 0.1) is 10.6 Å². The van der Waals surface area contributed by atoms with Crippen molar-refractivity contribution in [2.24, 2.45) is 0 Å². The highest BCUT2D eigenvalue weighted by atomic mass is 32.1. The van der Waals surface area contributed by atoms with E-state index in [1.807, 2.05) is 0 Å². The summed E-state index contributed by atoms with van der Waals surface area (Å²) in [5, 5.41) is 27.0. The van der Waals surface area contributed by atoms with Gasteiger partial charge in [0.1, 0.15) is 5.75 Å². The number of hydrogen-bond donors (Lipinski definition) is 3. The number of nitrogens with one attached hydrogen (secondary N) is 2. The number of aromatic hydroxyl groups is 1. The summed E-state index contributed by atoms with van der Waals surface area (Å²) in [6.07, 6.45) is -0.604. The Balaban J connectivity index is 1.99. The van der Waals surface area contributed by atoms with Gasteiger partial charge in [0.25, 0.3) is 5.91 Å². The summed E-state index contributed by atoms with van der Waals surface area (Å²) in [5.74, 6) is -2.38. The Bertz CT molecular complexity index is 727. The van der Waals surface area contributed by atoms with E-state index in [9.17, 15) is 24.6 Å². The average Bonchev–Trinajstić information content (AvgIpc) is 3.02. The van der Waals surface area contributed by atoms with E-state index in [4.69, 9.17) is 0 Å². The number of carbonyl (C=O) groups is 3. The number of hydrogen-bond acceptors (Lipinski definition) is 6. The average molecular weight is 333 g/mol. The zero-order valence-corrected chi connectivity index (χ0v) is 12.7. The van der Waals surface area contributed by atoms with Gasteiger partial charge in [-0.1, -0.05) is 6.07 Å². The van der Waals surface area contributed by atoms with Gasteiger partial charge in [0.2, 0.25) is 5.91 Å². The number of amides is 2. The third kappa shape index (κ3) is 4.82. The molecule has 8 heteroatoms. The second-order valence-electron chi connectivity index (χ2n) is 4.58. The summed E-state index contributed by atoms with van der Waals surface area (Å²) in [5.41, 5.74) is 0.496. The summed E-state index contributed by atoms with van der Waals surface area (Å²) in [6, 6.07) is 7.59. The van der Waals surface area contributed by atoms with Crippen molar-refractivity contribution >= 4 is 40.5 Å². The zero-order chi connectivity index (χ0) is 16.8. The standard InChI is InChI=1S/C15H14N2O5S/c18-11-8-9(16-13(19)5-6-14(20)21)3-4-10(11)17-15(22)12-2-1-7-23-12/h1-4,7-8,18H,5-6H2,(H,16,19)(H,17,22)(H,20,21)/p-1. The van der Waals surface area contributed by atoms with E-state index in [1.165, 1.54) is 29.5 Å². The Morgan fingerprint density at radius 1 is 1.13 bits per heavy atom. The minimum Gasteiger partial charge on any atom is -0.550 e. The maximum absolute atomic E-state index is 11.9. The maximum atomic E-state index is 11.9. The zero-order valence-electron chi connectivity index (χ0n) is 11.9. The van der Waals surface area contributed by atoms with E-state index in [-0.39, 0.29) is 30.2 Å². The molecule has 2 amide bonds. The van der Waals surface area contributed by atoms with Crippen molar-refractivity contribution in [3.8, 4) is 5.75 Å². The Kier molecular flexibility index (Phi) is 5.32. The van der Waals surface area contributed by atoms with Crippen LogP contribution in [-0.4, -0.2) is 22.9 Å². The number of carboxylic acids is 1. The largest absolute Gasteiger partial charge is 0.550 e. The smallest absolute Gasteiger partial charge is 0.265 e. The second kappa shape index (κ2) is 7.41. The lowest BCUT2D eigenvalue weighted by molar-refractivity contribution is -0.305. The highest BCUT2D eigenvalue weighted by molar-refractivity contribution is 7.12. The third-order valence-electron chi connectivity index (χ3n) is 2.83. The van der Waals surface area contributed by atoms with Crippen molar-refractivity contribution in [3.63, 3.8) is 0 Å². The SMILES string of the molecule is O=C([O-])CCC(=O)Nc1ccc(NC(=O)c2cccs2)c(O)c1. The normalized spacial score (nSPS) is 10.1. The number of carbonyl (C=O) groups excluding carboxylic acids is 3. The Hall–Kier alpha value is -2.87. The van der Waals surface area contributed by atoms with Crippen molar-refractivity contribution in [2.75, 3.05) is 10.6 Å². The molecule has 0 aliphatic heterocycles. The van der Waals surface area contributed by atoms with E-state index in [2.05, 4.69) is 10.6 Å². The molecule has 0 atom stereocenters. The van der Waals surface area contributed by atoms with E-state index in [1.54, 1.807) is 17.5 Å². The molecule has 23 heavy (non-hydrogen) atoms. The van der Waals surface area contributed by atoms with Gasteiger partial charge in [-0.3, -0.25) is 9.59 Å². The highest BCUT2D eigenvalue weighted by Crippen LogP contribution is 2.27.